The SMILES string of the molecule is CCCCCCCCCCCCOP(=O)(O)O.c1c[nH]cn1. The van der Waals surface area contributed by atoms with Crippen molar-refractivity contribution in [3.8, 4) is 0 Å². The van der Waals surface area contributed by atoms with E-state index in [1.807, 2.05) is 0 Å². The van der Waals surface area contributed by atoms with E-state index in [1.165, 1.54) is 44.9 Å². The molecular weight excluding hydrogens is 303 g/mol. The molecule has 0 amide bonds. The van der Waals surface area contributed by atoms with Crippen molar-refractivity contribution in [2.45, 2.75) is 71.1 Å². The van der Waals surface area contributed by atoms with Gasteiger partial charge in [0.25, 0.3) is 0 Å². The Morgan fingerprint density at radius 2 is 1.55 bits per heavy atom. The molecule has 6 nitrogen and oxygen atoms in total. The number of hydrogen-bond acceptors (Lipinski definition) is 3. The highest BCUT2D eigenvalue weighted by molar-refractivity contribution is 7.46. The van der Waals surface area contributed by atoms with Gasteiger partial charge in [0.2, 0.25) is 0 Å². The van der Waals surface area contributed by atoms with Gasteiger partial charge < -0.3 is 14.8 Å². The molecule has 0 aliphatic heterocycles. The second kappa shape index (κ2) is 15.2. The Bertz CT molecular complexity index is 337. The van der Waals surface area contributed by atoms with Crippen molar-refractivity contribution in [2.24, 2.45) is 0 Å². The van der Waals surface area contributed by atoms with Crippen LogP contribution in [-0.2, 0) is 9.09 Å². The third-order valence-electron chi connectivity index (χ3n) is 3.16. The molecule has 22 heavy (non-hydrogen) atoms. The summed E-state index contributed by atoms with van der Waals surface area (Å²) in [5.74, 6) is 0. The zero-order chi connectivity index (χ0) is 16.5. The average molecular weight is 334 g/mol. The van der Waals surface area contributed by atoms with Crippen LogP contribution in [0.25, 0.3) is 0 Å². The maximum Gasteiger partial charge on any atom is 0.469 e. The summed E-state index contributed by atoms with van der Waals surface area (Å²) in [6.07, 6.45) is 17.1. The topological polar surface area (TPSA) is 95.4 Å². The molecule has 0 aromatic carbocycles. The van der Waals surface area contributed by atoms with Crippen LogP contribution in [-0.4, -0.2) is 26.4 Å². The molecule has 3 N–H and O–H groups in total. The maximum atomic E-state index is 10.4. The Hall–Kier alpha value is -0.680. The summed E-state index contributed by atoms with van der Waals surface area (Å²) >= 11 is 0. The molecule has 0 aliphatic rings. The highest BCUT2D eigenvalue weighted by atomic mass is 31.2. The monoisotopic (exact) mass is 334 g/mol. The van der Waals surface area contributed by atoms with Crippen LogP contribution in [0.3, 0.4) is 0 Å². The van der Waals surface area contributed by atoms with Crippen molar-refractivity contribution < 1.29 is 18.9 Å². The lowest BCUT2D eigenvalue weighted by atomic mass is 10.1. The molecule has 7 heteroatoms. The Balaban J connectivity index is 0.000000734. The molecule has 0 bridgehead atoms. The summed E-state index contributed by atoms with van der Waals surface area (Å²) < 4.78 is 14.7. The minimum atomic E-state index is -4.24. The van der Waals surface area contributed by atoms with E-state index < -0.39 is 7.82 Å². The highest BCUT2D eigenvalue weighted by Crippen LogP contribution is 2.35. The van der Waals surface area contributed by atoms with Crippen LogP contribution in [0.5, 0.6) is 0 Å². The second-order valence-electron chi connectivity index (χ2n) is 5.27. The number of phosphoric acid groups is 1. The summed E-state index contributed by atoms with van der Waals surface area (Å²) in [5, 5.41) is 0. The summed E-state index contributed by atoms with van der Waals surface area (Å²) in [4.78, 5) is 23.3. The fourth-order valence-electron chi connectivity index (χ4n) is 1.99. The fourth-order valence-corrected chi connectivity index (χ4v) is 2.36. The van der Waals surface area contributed by atoms with Gasteiger partial charge in [0.1, 0.15) is 0 Å². The standard InChI is InChI=1S/C12H27O4P.C3H4N2/c1-2-3-4-5-6-7-8-9-10-11-12-16-17(13,14)15;1-2-5-3-4-1/h2-12H2,1H3,(H2,13,14,15);1-3H,(H,4,5). The van der Waals surface area contributed by atoms with E-state index in [2.05, 4.69) is 21.4 Å². The van der Waals surface area contributed by atoms with Gasteiger partial charge >= 0.3 is 7.82 Å². The van der Waals surface area contributed by atoms with Gasteiger partial charge in [0.05, 0.1) is 12.9 Å². The molecule has 0 saturated carbocycles. The first-order valence-electron chi connectivity index (χ1n) is 8.19. The largest absolute Gasteiger partial charge is 0.469 e. The molecule has 0 unspecified atom stereocenters. The highest BCUT2D eigenvalue weighted by Gasteiger charge is 2.12. The van der Waals surface area contributed by atoms with E-state index in [4.69, 9.17) is 9.79 Å². The molecule has 0 fully saturated rings. The van der Waals surface area contributed by atoms with Gasteiger partial charge in [-0.05, 0) is 6.42 Å². The predicted octanol–water partition coefficient (Wildman–Crippen LogP) is 4.43. The van der Waals surface area contributed by atoms with Crippen molar-refractivity contribution in [1.29, 1.82) is 0 Å². The fraction of sp³-hybridized carbons (Fsp3) is 0.800. The number of aromatic nitrogens is 2. The third kappa shape index (κ3) is 19.3. The molecule has 0 saturated heterocycles. The average Bonchev–Trinajstić information content (AvgIpc) is 3.03. The smallest absolute Gasteiger partial charge is 0.351 e. The Kier molecular flexibility index (Phi) is 14.8. The first-order valence-corrected chi connectivity index (χ1v) is 9.72. The molecule has 1 heterocycles. The van der Waals surface area contributed by atoms with Gasteiger partial charge in [-0.25, -0.2) is 9.55 Å². The lowest BCUT2D eigenvalue weighted by Gasteiger charge is -2.05. The summed E-state index contributed by atoms with van der Waals surface area (Å²) in [6.45, 7) is 2.39. The second-order valence-corrected chi connectivity index (χ2v) is 6.51. The first kappa shape index (κ1) is 21.3. The normalized spacial score (nSPS) is 11.0. The summed E-state index contributed by atoms with van der Waals surface area (Å²) in [7, 11) is -4.24. The molecule has 130 valence electrons. The summed E-state index contributed by atoms with van der Waals surface area (Å²) in [5.41, 5.74) is 0. The van der Waals surface area contributed by atoms with Gasteiger partial charge in [0.15, 0.2) is 0 Å². The third-order valence-corrected chi connectivity index (χ3v) is 3.68. The molecule has 1 aromatic rings. The van der Waals surface area contributed by atoms with Crippen molar-refractivity contribution in [3.05, 3.63) is 18.7 Å². The van der Waals surface area contributed by atoms with Crippen molar-refractivity contribution in [2.75, 3.05) is 6.61 Å². The first-order chi connectivity index (χ1) is 10.6. The van der Waals surface area contributed by atoms with Crippen LogP contribution >= 0.6 is 7.82 Å². The molecule has 1 rings (SSSR count). The van der Waals surface area contributed by atoms with Gasteiger partial charge in [-0.2, -0.15) is 0 Å². The Morgan fingerprint density at radius 3 is 1.91 bits per heavy atom. The van der Waals surface area contributed by atoms with Gasteiger partial charge in [-0.3, -0.25) is 4.52 Å². The van der Waals surface area contributed by atoms with Crippen molar-refractivity contribution >= 4 is 7.82 Å². The van der Waals surface area contributed by atoms with Crippen molar-refractivity contribution in [3.63, 3.8) is 0 Å². The van der Waals surface area contributed by atoms with E-state index in [9.17, 15) is 4.57 Å². The minimum absolute atomic E-state index is 0.167. The zero-order valence-corrected chi connectivity index (χ0v) is 14.5. The number of imidazole rings is 1. The number of unbranched alkanes of at least 4 members (excludes halogenated alkanes) is 9. The van der Waals surface area contributed by atoms with E-state index in [0.717, 1.165) is 19.3 Å². The Morgan fingerprint density at radius 1 is 1.00 bits per heavy atom. The number of aromatic amines is 1. The van der Waals surface area contributed by atoms with Crippen LogP contribution < -0.4 is 0 Å². The van der Waals surface area contributed by atoms with Crippen LogP contribution in [0.15, 0.2) is 18.7 Å². The lowest BCUT2D eigenvalue weighted by molar-refractivity contribution is 0.193. The lowest BCUT2D eigenvalue weighted by Crippen LogP contribution is -1.92. The van der Waals surface area contributed by atoms with E-state index in [1.54, 1.807) is 18.7 Å². The number of rotatable bonds is 12. The zero-order valence-electron chi connectivity index (χ0n) is 13.6. The Labute approximate surface area is 133 Å². The minimum Gasteiger partial charge on any atom is -0.351 e. The van der Waals surface area contributed by atoms with Crippen molar-refractivity contribution in [1.82, 2.24) is 9.97 Å². The van der Waals surface area contributed by atoms with E-state index in [0.29, 0.717) is 0 Å². The van der Waals surface area contributed by atoms with Crippen LogP contribution in [0.2, 0.25) is 0 Å². The quantitative estimate of drug-likeness (QED) is 0.388. The maximum absolute atomic E-state index is 10.4. The van der Waals surface area contributed by atoms with E-state index in [-0.39, 0.29) is 6.61 Å². The molecule has 0 spiro atoms. The number of H-pyrrole nitrogens is 1. The van der Waals surface area contributed by atoms with E-state index >= 15 is 0 Å². The van der Waals surface area contributed by atoms with Gasteiger partial charge in [-0.1, -0.05) is 64.7 Å². The summed E-state index contributed by atoms with van der Waals surface area (Å²) in [6, 6.07) is 0. The number of hydrogen-bond donors (Lipinski definition) is 3. The molecule has 0 radical (unpaired) electrons. The van der Waals surface area contributed by atoms with Crippen LogP contribution in [0, 0.1) is 0 Å². The number of nitrogens with zero attached hydrogens (tertiary/aromatic N) is 1. The van der Waals surface area contributed by atoms with Crippen LogP contribution in [0.1, 0.15) is 71.1 Å². The van der Waals surface area contributed by atoms with Crippen LogP contribution in [0.4, 0.5) is 0 Å². The number of nitrogens with one attached hydrogen (secondary N) is 1. The molecule has 0 atom stereocenters. The molecule has 1 aromatic heterocycles. The molecule has 0 aliphatic carbocycles. The predicted molar refractivity (Wildman–Crippen MR) is 88.4 cm³/mol. The van der Waals surface area contributed by atoms with Gasteiger partial charge in [-0.15, -0.1) is 0 Å². The molecular formula is C15H31N2O4P. The number of phosphoric ester groups is 1. The van der Waals surface area contributed by atoms with Gasteiger partial charge in [0, 0.05) is 12.4 Å².